The highest BCUT2D eigenvalue weighted by Crippen LogP contribution is 2.35. The largest absolute Gasteiger partial charge is 0.373 e. The van der Waals surface area contributed by atoms with Crippen LogP contribution < -0.4 is 15.5 Å². The van der Waals surface area contributed by atoms with Gasteiger partial charge in [-0.05, 0) is 25.0 Å². The molecule has 0 unspecified atom stereocenters. The molecule has 1 aromatic carbocycles. The maximum atomic E-state index is 12.0. The molecule has 0 spiro atoms. The van der Waals surface area contributed by atoms with E-state index in [1.54, 1.807) is 0 Å². The second kappa shape index (κ2) is 8.80. The first-order valence-corrected chi connectivity index (χ1v) is 9.68. The number of hydrogen-bond acceptors (Lipinski definition) is 5. The molecular weight excluding hydrogens is 334 g/mol. The number of aromatic nitrogens is 2. The van der Waals surface area contributed by atoms with E-state index in [1.807, 2.05) is 37.4 Å². The average molecular weight is 359 g/mol. The highest BCUT2D eigenvalue weighted by atomic mass is 32.1. The van der Waals surface area contributed by atoms with Crippen molar-refractivity contribution in [3.8, 4) is 0 Å². The van der Waals surface area contributed by atoms with Crippen molar-refractivity contribution in [2.75, 3.05) is 30.4 Å². The van der Waals surface area contributed by atoms with Crippen molar-refractivity contribution < 1.29 is 4.79 Å². The molecule has 0 aliphatic heterocycles. The molecule has 0 radical (unpaired) electrons. The predicted molar refractivity (Wildman–Crippen MR) is 102 cm³/mol. The minimum atomic E-state index is -0.229. The van der Waals surface area contributed by atoms with Crippen molar-refractivity contribution in [1.82, 2.24) is 15.5 Å². The molecule has 2 aromatic rings. The van der Waals surface area contributed by atoms with Crippen molar-refractivity contribution in [2.24, 2.45) is 0 Å². The van der Waals surface area contributed by atoms with E-state index < -0.39 is 0 Å². The number of benzene rings is 1. The highest BCUT2D eigenvalue weighted by molar-refractivity contribution is 7.15. The van der Waals surface area contributed by atoms with Gasteiger partial charge in [0.25, 0.3) is 0 Å². The zero-order valence-corrected chi connectivity index (χ0v) is 15.4. The minimum absolute atomic E-state index is 0.229. The van der Waals surface area contributed by atoms with Gasteiger partial charge in [-0.2, -0.15) is 0 Å². The molecule has 6 nitrogen and oxygen atoms in total. The van der Waals surface area contributed by atoms with Crippen LogP contribution in [0.15, 0.2) is 30.3 Å². The fourth-order valence-corrected chi connectivity index (χ4v) is 4.00. The second-order valence-corrected chi connectivity index (χ2v) is 7.43. The molecule has 1 heterocycles. The van der Waals surface area contributed by atoms with E-state index in [-0.39, 0.29) is 6.03 Å². The van der Waals surface area contributed by atoms with Gasteiger partial charge in [0.2, 0.25) is 5.13 Å². The number of carbonyl (C=O) groups is 1. The molecule has 2 amide bonds. The van der Waals surface area contributed by atoms with Gasteiger partial charge in [-0.3, -0.25) is 5.32 Å². The lowest BCUT2D eigenvalue weighted by Gasteiger charge is -2.19. The van der Waals surface area contributed by atoms with Crippen LogP contribution in [0.5, 0.6) is 0 Å². The SMILES string of the molecule is CN(CCNC(=O)Nc1nnc(C2CCCCC2)s1)c1ccccc1. The number of nitrogens with zero attached hydrogens (tertiary/aromatic N) is 3. The topological polar surface area (TPSA) is 70.2 Å². The molecule has 3 rings (SSSR count). The van der Waals surface area contributed by atoms with Crippen molar-refractivity contribution >= 4 is 28.2 Å². The maximum Gasteiger partial charge on any atom is 0.321 e. The van der Waals surface area contributed by atoms with Crippen LogP contribution in [0, 0.1) is 0 Å². The minimum Gasteiger partial charge on any atom is -0.373 e. The lowest BCUT2D eigenvalue weighted by molar-refractivity contribution is 0.252. The first-order valence-electron chi connectivity index (χ1n) is 8.87. The van der Waals surface area contributed by atoms with Crippen LogP contribution in [0.2, 0.25) is 0 Å². The van der Waals surface area contributed by atoms with Crippen LogP contribution in [-0.2, 0) is 0 Å². The molecule has 1 fully saturated rings. The van der Waals surface area contributed by atoms with Gasteiger partial charge in [0.05, 0.1) is 0 Å². The summed E-state index contributed by atoms with van der Waals surface area (Å²) in [6.45, 7) is 1.30. The Morgan fingerprint density at radius 1 is 1.20 bits per heavy atom. The van der Waals surface area contributed by atoms with Gasteiger partial charge in [-0.25, -0.2) is 4.79 Å². The van der Waals surface area contributed by atoms with E-state index in [1.165, 1.54) is 43.4 Å². The molecule has 1 aliphatic carbocycles. The van der Waals surface area contributed by atoms with Crippen LogP contribution in [-0.4, -0.2) is 36.4 Å². The van der Waals surface area contributed by atoms with Gasteiger partial charge in [0, 0.05) is 31.7 Å². The molecule has 7 heteroatoms. The van der Waals surface area contributed by atoms with Crippen molar-refractivity contribution in [3.63, 3.8) is 0 Å². The van der Waals surface area contributed by atoms with E-state index in [9.17, 15) is 4.79 Å². The van der Waals surface area contributed by atoms with Gasteiger partial charge in [0.1, 0.15) is 5.01 Å². The van der Waals surface area contributed by atoms with E-state index in [2.05, 4.69) is 25.7 Å². The second-order valence-electron chi connectivity index (χ2n) is 6.42. The monoisotopic (exact) mass is 359 g/mol. The number of carbonyl (C=O) groups excluding carboxylic acids is 1. The van der Waals surface area contributed by atoms with Gasteiger partial charge in [-0.15, -0.1) is 10.2 Å². The zero-order chi connectivity index (χ0) is 17.5. The Hall–Kier alpha value is -2.15. The number of anilines is 2. The summed E-state index contributed by atoms with van der Waals surface area (Å²) < 4.78 is 0. The van der Waals surface area contributed by atoms with Crippen LogP contribution in [0.1, 0.15) is 43.0 Å². The molecule has 1 saturated carbocycles. The average Bonchev–Trinajstić information content (AvgIpc) is 3.11. The van der Waals surface area contributed by atoms with Crippen LogP contribution in [0.25, 0.3) is 0 Å². The fourth-order valence-electron chi connectivity index (χ4n) is 3.09. The number of likely N-dealkylation sites (N-methyl/N-ethyl adjacent to an activating group) is 1. The molecule has 0 saturated heterocycles. The summed E-state index contributed by atoms with van der Waals surface area (Å²) in [6.07, 6.45) is 6.23. The van der Waals surface area contributed by atoms with Crippen molar-refractivity contribution in [1.29, 1.82) is 0 Å². The summed E-state index contributed by atoms with van der Waals surface area (Å²) >= 11 is 1.50. The van der Waals surface area contributed by atoms with E-state index >= 15 is 0 Å². The van der Waals surface area contributed by atoms with Gasteiger partial charge >= 0.3 is 6.03 Å². The number of amides is 2. The van der Waals surface area contributed by atoms with Gasteiger partial charge in [0.15, 0.2) is 0 Å². The standard InChI is InChI=1S/C18H25N5OS/c1-23(15-10-6-3-7-11-15)13-12-19-17(24)20-18-22-21-16(25-18)14-8-4-2-5-9-14/h3,6-7,10-11,14H,2,4-5,8-9,12-13H2,1H3,(H2,19,20,22,24). The number of rotatable bonds is 6. The summed E-state index contributed by atoms with van der Waals surface area (Å²) in [5, 5.41) is 15.7. The Morgan fingerprint density at radius 2 is 1.96 bits per heavy atom. The predicted octanol–water partition coefficient (Wildman–Crippen LogP) is 3.84. The Bertz CT molecular complexity index is 669. The highest BCUT2D eigenvalue weighted by Gasteiger charge is 2.20. The quantitative estimate of drug-likeness (QED) is 0.822. The van der Waals surface area contributed by atoms with E-state index in [4.69, 9.17) is 0 Å². The number of hydrogen-bond donors (Lipinski definition) is 2. The summed E-state index contributed by atoms with van der Waals surface area (Å²) in [5.41, 5.74) is 1.13. The van der Waals surface area contributed by atoms with Crippen LogP contribution in [0.3, 0.4) is 0 Å². The molecule has 0 atom stereocenters. The molecule has 25 heavy (non-hydrogen) atoms. The molecule has 1 aromatic heterocycles. The molecule has 1 aliphatic rings. The molecule has 134 valence electrons. The van der Waals surface area contributed by atoms with Gasteiger partial charge < -0.3 is 10.2 Å². The number of urea groups is 1. The van der Waals surface area contributed by atoms with E-state index in [0.717, 1.165) is 17.2 Å². The normalized spacial score (nSPS) is 14.9. The van der Waals surface area contributed by atoms with Crippen LogP contribution >= 0.6 is 11.3 Å². The Labute approximate surface area is 152 Å². The lowest BCUT2D eigenvalue weighted by Crippen LogP contribution is -2.35. The zero-order valence-electron chi connectivity index (χ0n) is 14.6. The third-order valence-electron chi connectivity index (χ3n) is 4.55. The fraction of sp³-hybridized carbons (Fsp3) is 0.500. The first-order chi connectivity index (χ1) is 12.2. The summed E-state index contributed by atoms with van der Waals surface area (Å²) in [7, 11) is 2.01. The van der Waals surface area contributed by atoms with Crippen molar-refractivity contribution in [3.05, 3.63) is 35.3 Å². The third-order valence-corrected chi connectivity index (χ3v) is 5.55. The summed E-state index contributed by atoms with van der Waals surface area (Å²) in [4.78, 5) is 14.1. The Kier molecular flexibility index (Phi) is 6.22. The van der Waals surface area contributed by atoms with E-state index in [0.29, 0.717) is 17.6 Å². The smallest absolute Gasteiger partial charge is 0.321 e. The molecular formula is C18H25N5OS. The summed E-state index contributed by atoms with van der Waals surface area (Å²) in [5.74, 6) is 0.518. The lowest BCUT2D eigenvalue weighted by atomic mass is 9.90. The first kappa shape index (κ1) is 17.7. The van der Waals surface area contributed by atoms with Gasteiger partial charge in [-0.1, -0.05) is 48.8 Å². The third kappa shape index (κ3) is 5.16. The van der Waals surface area contributed by atoms with Crippen molar-refractivity contribution in [2.45, 2.75) is 38.0 Å². The Balaban J connectivity index is 1.41. The Morgan fingerprint density at radius 3 is 2.72 bits per heavy atom. The molecule has 0 bridgehead atoms. The molecule has 2 N–H and O–H groups in total. The van der Waals surface area contributed by atoms with Crippen LogP contribution in [0.4, 0.5) is 15.6 Å². The number of para-hydroxylation sites is 1. The summed E-state index contributed by atoms with van der Waals surface area (Å²) in [6, 6.07) is 9.87. The maximum absolute atomic E-state index is 12.0. The number of nitrogens with one attached hydrogen (secondary N) is 2.